The van der Waals surface area contributed by atoms with Gasteiger partial charge in [-0.1, -0.05) is 38.1 Å². The van der Waals surface area contributed by atoms with E-state index in [0.717, 1.165) is 11.3 Å². The van der Waals surface area contributed by atoms with Gasteiger partial charge in [-0.05, 0) is 54.2 Å². The lowest BCUT2D eigenvalue weighted by Crippen LogP contribution is -2.15. The molecule has 2 aromatic carbocycles. The summed E-state index contributed by atoms with van der Waals surface area (Å²) in [6.07, 6.45) is 0.308. The summed E-state index contributed by atoms with van der Waals surface area (Å²) < 4.78 is 19.4. The second-order valence-electron chi connectivity index (χ2n) is 6.45. The van der Waals surface area contributed by atoms with Gasteiger partial charge in [0.15, 0.2) is 0 Å². The Labute approximate surface area is 142 Å². The molecule has 128 valence electrons. The number of hydrogen-bond acceptors (Lipinski definition) is 2. The second-order valence-corrected chi connectivity index (χ2v) is 6.45. The third kappa shape index (κ3) is 4.82. The molecule has 0 heterocycles. The SMILES string of the molecule is Cc1ccc(C(Cc2ccc(OCC(C)C)cc2)C(=O)O)cc1F. The lowest BCUT2D eigenvalue weighted by molar-refractivity contribution is -0.138. The summed E-state index contributed by atoms with van der Waals surface area (Å²) in [5.41, 5.74) is 1.86. The standard InChI is InChI=1S/C20H23FO3/c1-13(2)12-24-17-8-5-15(6-9-17)10-18(20(22)23)16-7-4-14(3)19(21)11-16/h4-9,11,13,18H,10,12H2,1-3H3,(H,22,23). The number of hydrogen-bond donors (Lipinski definition) is 1. The number of carbonyl (C=O) groups is 1. The van der Waals surface area contributed by atoms with Crippen molar-refractivity contribution < 1.29 is 19.0 Å². The van der Waals surface area contributed by atoms with Gasteiger partial charge in [0.2, 0.25) is 0 Å². The van der Waals surface area contributed by atoms with Crippen LogP contribution in [0.2, 0.25) is 0 Å². The minimum absolute atomic E-state index is 0.308. The maximum absolute atomic E-state index is 13.7. The number of rotatable bonds is 7. The molecule has 0 radical (unpaired) electrons. The molecule has 1 unspecified atom stereocenters. The highest BCUT2D eigenvalue weighted by molar-refractivity contribution is 5.76. The molecule has 0 saturated heterocycles. The third-order valence-electron chi connectivity index (χ3n) is 3.84. The summed E-state index contributed by atoms with van der Waals surface area (Å²) in [6.45, 7) is 6.45. The molecular weight excluding hydrogens is 307 g/mol. The number of ether oxygens (including phenoxy) is 1. The van der Waals surface area contributed by atoms with Crippen LogP contribution in [-0.2, 0) is 11.2 Å². The van der Waals surface area contributed by atoms with E-state index >= 15 is 0 Å². The molecule has 1 N–H and O–H groups in total. The number of aliphatic carboxylic acids is 1. The van der Waals surface area contributed by atoms with Gasteiger partial charge in [-0.25, -0.2) is 4.39 Å². The zero-order valence-electron chi connectivity index (χ0n) is 14.3. The fourth-order valence-electron chi connectivity index (χ4n) is 2.39. The first-order chi connectivity index (χ1) is 11.4. The fraction of sp³-hybridized carbons (Fsp3) is 0.350. The first-order valence-electron chi connectivity index (χ1n) is 8.07. The predicted molar refractivity (Wildman–Crippen MR) is 92.0 cm³/mol. The Morgan fingerprint density at radius 3 is 2.38 bits per heavy atom. The lowest BCUT2D eigenvalue weighted by Gasteiger charge is -2.14. The maximum atomic E-state index is 13.7. The van der Waals surface area contributed by atoms with Gasteiger partial charge in [-0.15, -0.1) is 0 Å². The molecule has 3 nitrogen and oxygen atoms in total. The fourth-order valence-corrected chi connectivity index (χ4v) is 2.39. The molecule has 24 heavy (non-hydrogen) atoms. The van der Waals surface area contributed by atoms with Crippen molar-refractivity contribution in [2.24, 2.45) is 5.92 Å². The van der Waals surface area contributed by atoms with Crippen molar-refractivity contribution in [3.05, 3.63) is 65.0 Å². The highest BCUT2D eigenvalue weighted by Gasteiger charge is 2.21. The second kappa shape index (κ2) is 7.95. The van der Waals surface area contributed by atoms with E-state index < -0.39 is 11.9 Å². The zero-order valence-corrected chi connectivity index (χ0v) is 14.3. The molecule has 2 rings (SSSR count). The largest absolute Gasteiger partial charge is 0.493 e. The molecule has 0 bridgehead atoms. The van der Waals surface area contributed by atoms with Crippen LogP contribution in [0.1, 0.15) is 36.5 Å². The Morgan fingerprint density at radius 1 is 1.17 bits per heavy atom. The van der Waals surface area contributed by atoms with E-state index in [1.165, 1.54) is 6.07 Å². The van der Waals surface area contributed by atoms with E-state index in [9.17, 15) is 14.3 Å². The Kier molecular flexibility index (Phi) is 5.96. The topological polar surface area (TPSA) is 46.5 Å². The van der Waals surface area contributed by atoms with Crippen LogP contribution in [0.25, 0.3) is 0 Å². The van der Waals surface area contributed by atoms with Crippen LogP contribution >= 0.6 is 0 Å². The van der Waals surface area contributed by atoms with Crippen LogP contribution in [0.4, 0.5) is 4.39 Å². The van der Waals surface area contributed by atoms with E-state index in [1.54, 1.807) is 19.1 Å². The summed E-state index contributed by atoms with van der Waals surface area (Å²) in [4.78, 5) is 11.6. The first kappa shape index (κ1) is 18.0. The van der Waals surface area contributed by atoms with Crippen LogP contribution < -0.4 is 4.74 Å². The molecule has 2 aromatic rings. The van der Waals surface area contributed by atoms with Crippen molar-refractivity contribution in [3.63, 3.8) is 0 Å². The Morgan fingerprint density at radius 2 is 1.83 bits per heavy atom. The van der Waals surface area contributed by atoms with Gasteiger partial charge in [-0.3, -0.25) is 4.79 Å². The average Bonchev–Trinajstić information content (AvgIpc) is 2.54. The summed E-state index contributed by atoms with van der Waals surface area (Å²) in [6, 6.07) is 12.0. The van der Waals surface area contributed by atoms with Gasteiger partial charge in [0.1, 0.15) is 11.6 Å². The van der Waals surface area contributed by atoms with Crippen molar-refractivity contribution in [1.82, 2.24) is 0 Å². The zero-order chi connectivity index (χ0) is 17.7. The van der Waals surface area contributed by atoms with Gasteiger partial charge in [-0.2, -0.15) is 0 Å². The number of aryl methyl sites for hydroxylation is 1. The van der Waals surface area contributed by atoms with Crippen LogP contribution in [-0.4, -0.2) is 17.7 Å². The maximum Gasteiger partial charge on any atom is 0.311 e. The van der Waals surface area contributed by atoms with Crippen molar-refractivity contribution in [1.29, 1.82) is 0 Å². The van der Waals surface area contributed by atoms with Crippen molar-refractivity contribution in [2.45, 2.75) is 33.1 Å². The normalized spacial score (nSPS) is 12.2. The van der Waals surface area contributed by atoms with E-state index in [0.29, 0.717) is 30.1 Å². The van der Waals surface area contributed by atoms with E-state index in [-0.39, 0.29) is 5.82 Å². The molecule has 0 fully saturated rings. The molecule has 4 heteroatoms. The van der Waals surface area contributed by atoms with Gasteiger partial charge >= 0.3 is 5.97 Å². The molecule has 0 amide bonds. The van der Waals surface area contributed by atoms with Gasteiger partial charge in [0.05, 0.1) is 12.5 Å². The first-order valence-corrected chi connectivity index (χ1v) is 8.07. The molecule has 0 aliphatic rings. The molecular formula is C20H23FO3. The molecule has 0 saturated carbocycles. The number of carboxylic acid groups (broad SMARTS) is 1. The van der Waals surface area contributed by atoms with Crippen LogP contribution in [0.5, 0.6) is 5.75 Å². The van der Waals surface area contributed by atoms with Gasteiger partial charge in [0, 0.05) is 0 Å². The molecule has 0 aromatic heterocycles. The molecule has 0 spiro atoms. The van der Waals surface area contributed by atoms with Crippen LogP contribution in [0.3, 0.4) is 0 Å². The van der Waals surface area contributed by atoms with Crippen LogP contribution in [0.15, 0.2) is 42.5 Å². The Bertz CT molecular complexity index is 693. The summed E-state index contributed by atoms with van der Waals surface area (Å²) in [5, 5.41) is 9.50. The van der Waals surface area contributed by atoms with Gasteiger partial charge in [0.25, 0.3) is 0 Å². The highest BCUT2D eigenvalue weighted by atomic mass is 19.1. The van der Waals surface area contributed by atoms with E-state index in [1.807, 2.05) is 24.3 Å². The molecule has 0 aliphatic carbocycles. The summed E-state index contributed by atoms with van der Waals surface area (Å²) in [7, 11) is 0. The van der Waals surface area contributed by atoms with Crippen molar-refractivity contribution in [2.75, 3.05) is 6.61 Å². The quantitative estimate of drug-likeness (QED) is 0.808. The third-order valence-corrected chi connectivity index (χ3v) is 3.84. The smallest absolute Gasteiger partial charge is 0.311 e. The summed E-state index contributed by atoms with van der Waals surface area (Å²) >= 11 is 0. The lowest BCUT2D eigenvalue weighted by atomic mass is 9.91. The number of halogens is 1. The van der Waals surface area contributed by atoms with Gasteiger partial charge < -0.3 is 9.84 Å². The monoisotopic (exact) mass is 330 g/mol. The Balaban J connectivity index is 2.13. The molecule has 1 atom stereocenters. The molecule has 0 aliphatic heterocycles. The van der Waals surface area contributed by atoms with E-state index in [4.69, 9.17) is 4.74 Å². The van der Waals surface area contributed by atoms with Crippen molar-refractivity contribution >= 4 is 5.97 Å². The highest BCUT2D eigenvalue weighted by Crippen LogP contribution is 2.24. The van der Waals surface area contributed by atoms with Crippen molar-refractivity contribution in [3.8, 4) is 5.75 Å². The van der Waals surface area contributed by atoms with E-state index in [2.05, 4.69) is 13.8 Å². The minimum Gasteiger partial charge on any atom is -0.493 e. The minimum atomic E-state index is -0.960. The Hall–Kier alpha value is -2.36. The number of benzene rings is 2. The van der Waals surface area contributed by atoms with Crippen LogP contribution in [0, 0.1) is 18.7 Å². The summed E-state index contributed by atoms with van der Waals surface area (Å²) in [5.74, 6) is -0.907. The average molecular weight is 330 g/mol. The predicted octanol–water partition coefficient (Wildman–Crippen LogP) is 4.58. The number of carboxylic acids is 1.